The molecule has 0 radical (unpaired) electrons. The molecule has 29 heavy (non-hydrogen) atoms. The molecule has 0 unspecified atom stereocenters. The van der Waals surface area contributed by atoms with Gasteiger partial charge in [0.25, 0.3) is 11.2 Å². The lowest BCUT2D eigenvalue weighted by molar-refractivity contribution is -0.384. The Labute approximate surface area is 162 Å². The molecule has 0 saturated carbocycles. The number of aliphatic hydroxyl groups excluding tert-OH is 3. The van der Waals surface area contributed by atoms with E-state index in [2.05, 4.69) is 0 Å². The molecule has 12 nitrogen and oxygen atoms in total. The van der Waals surface area contributed by atoms with Crippen LogP contribution in [0.25, 0.3) is 0 Å². The second-order valence-corrected chi connectivity index (χ2v) is 6.39. The molecule has 0 amide bonds. The van der Waals surface area contributed by atoms with Crippen LogP contribution in [0, 0.1) is 10.1 Å². The molecule has 3 rings (SSSR count). The summed E-state index contributed by atoms with van der Waals surface area (Å²) in [7, 11) is 0. The van der Waals surface area contributed by atoms with Gasteiger partial charge < -0.3 is 20.1 Å². The number of nitro benzene ring substituents is 1. The van der Waals surface area contributed by atoms with Crippen molar-refractivity contribution in [3.05, 3.63) is 73.0 Å². The van der Waals surface area contributed by atoms with Gasteiger partial charge in [-0.3, -0.25) is 28.8 Å². The fourth-order valence-electron chi connectivity index (χ4n) is 2.98. The van der Waals surface area contributed by atoms with Gasteiger partial charge in [-0.1, -0.05) is 0 Å². The highest BCUT2D eigenvalue weighted by Gasteiger charge is 2.43. The van der Waals surface area contributed by atoms with Crippen molar-refractivity contribution in [3.63, 3.8) is 0 Å². The molecular weight excluding hydrogens is 390 g/mol. The molecular formula is C17H17N3O9. The second kappa shape index (κ2) is 8.05. The highest BCUT2D eigenvalue weighted by molar-refractivity contribution is 5.96. The first-order valence-corrected chi connectivity index (χ1v) is 8.46. The van der Waals surface area contributed by atoms with Gasteiger partial charge in [0.2, 0.25) is 0 Å². The van der Waals surface area contributed by atoms with Crippen LogP contribution in [-0.2, 0) is 11.3 Å². The predicted molar refractivity (Wildman–Crippen MR) is 95.4 cm³/mol. The standard InChI is InChI=1S/C17H17N3O9/c21-8-12-14(24)15(25)16(29-12)18-6-5-13(23)19(17(18)26)7-11(22)9-1-3-10(4-2-9)20(27)28/h1-6,12,14-16,21,24-25H,7-8H2/t12-,14-,15-,16-/m1/s1. The molecule has 12 heteroatoms. The monoisotopic (exact) mass is 407 g/mol. The second-order valence-electron chi connectivity index (χ2n) is 6.39. The number of ketones is 1. The minimum atomic E-state index is -1.54. The Balaban J connectivity index is 1.90. The largest absolute Gasteiger partial charge is 0.394 e. The van der Waals surface area contributed by atoms with Crippen LogP contribution in [0.15, 0.2) is 46.1 Å². The van der Waals surface area contributed by atoms with Gasteiger partial charge in [-0.15, -0.1) is 0 Å². The van der Waals surface area contributed by atoms with Crippen LogP contribution < -0.4 is 11.2 Å². The number of aromatic nitrogens is 2. The molecule has 1 aromatic heterocycles. The summed E-state index contributed by atoms with van der Waals surface area (Å²) in [5, 5.41) is 39.8. The van der Waals surface area contributed by atoms with E-state index < -0.39 is 59.6 Å². The lowest BCUT2D eigenvalue weighted by Gasteiger charge is -2.18. The Morgan fingerprint density at radius 1 is 1.14 bits per heavy atom. The molecule has 1 fully saturated rings. The number of rotatable bonds is 6. The number of nitro groups is 1. The van der Waals surface area contributed by atoms with Crippen molar-refractivity contribution in [1.82, 2.24) is 9.13 Å². The van der Waals surface area contributed by atoms with E-state index in [0.717, 1.165) is 29.0 Å². The van der Waals surface area contributed by atoms with Crippen molar-refractivity contribution in [1.29, 1.82) is 0 Å². The average molecular weight is 407 g/mol. The quantitative estimate of drug-likeness (QED) is 0.290. The van der Waals surface area contributed by atoms with Crippen LogP contribution in [-0.4, -0.2) is 60.1 Å². The van der Waals surface area contributed by atoms with E-state index in [-0.39, 0.29) is 11.3 Å². The average Bonchev–Trinajstić information content (AvgIpc) is 2.99. The summed E-state index contributed by atoms with van der Waals surface area (Å²) in [6.07, 6.45) is -4.42. The number of hydrogen-bond acceptors (Lipinski definition) is 9. The van der Waals surface area contributed by atoms with Crippen molar-refractivity contribution in [2.75, 3.05) is 6.61 Å². The van der Waals surface area contributed by atoms with E-state index >= 15 is 0 Å². The summed E-state index contributed by atoms with van der Waals surface area (Å²) in [6, 6.07) is 5.65. The molecule has 4 atom stereocenters. The first-order valence-electron chi connectivity index (χ1n) is 8.46. The van der Waals surface area contributed by atoms with Crippen molar-refractivity contribution < 1.29 is 29.8 Å². The number of nitrogens with zero attached hydrogens (tertiary/aromatic N) is 3. The van der Waals surface area contributed by atoms with E-state index in [9.17, 15) is 34.7 Å². The van der Waals surface area contributed by atoms with Crippen LogP contribution in [0.3, 0.4) is 0 Å². The Bertz CT molecular complexity index is 1040. The Kier molecular flexibility index (Phi) is 5.70. The Hall–Kier alpha value is -3.19. The SMILES string of the molecule is O=C(Cn1c(=O)ccn([C@@H]2O[C@H](CO)[C@@H](O)[C@H]2O)c1=O)c1ccc([N+](=O)[O-])cc1. The Morgan fingerprint density at radius 2 is 1.79 bits per heavy atom. The number of benzene rings is 1. The zero-order chi connectivity index (χ0) is 21.3. The highest BCUT2D eigenvalue weighted by Crippen LogP contribution is 2.27. The molecule has 154 valence electrons. The summed E-state index contributed by atoms with van der Waals surface area (Å²) < 4.78 is 6.72. The number of non-ortho nitro benzene ring substituents is 1. The van der Waals surface area contributed by atoms with Crippen LogP contribution in [0.5, 0.6) is 0 Å². The maximum Gasteiger partial charge on any atom is 0.333 e. The fourth-order valence-corrected chi connectivity index (χ4v) is 2.98. The molecule has 1 aliphatic rings. The lowest BCUT2D eigenvalue weighted by Crippen LogP contribution is -2.44. The van der Waals surface area contributed by atoms with E-state index in [1.165, 1.54) is 12.1 Å². The summed E-state index contributed by atoms with van der Waals surface area (Å²) in [5.74, 6) is -0.641. The predicted octanol–water partition coefficient (Wildman–Crippen LogP) is -1.59. The third kappa shape index (κ3) is 3.86. The van der Waals surface area contributed by atoms with Crippen LogP contribution in [0.2, 0.25) is 0 Å². The molecule has 0 aliphatic carbocycles. The molecule has 1 aliphatic heterocycles. The molecule has 3 N–H and O–H groups in total. The van der Waals surface area contributed by atoms with E-state index in [1.54, 1.807) is 0 Å². The van der Waals surface area contributed by atoms with Gasteiger partial charge in [0, 0.05) is 30.0 Å². The lowest BCUT2D eigenvalue weighted by atomic mass is 10.1. The number of carbonyl (C=O) groups is 1. The maximum atomic E-state index is 12.7. The number of hydrogen-bond donors (Lipinski definition) is 3. The zero-order valence-corrected chi connectivity index (χ0v) is 14.8. The van der Waals surface area contributed by atoms with E-state index in [1.807, 2.05) is 0 Å². The number of carbonyl (C=O) groups excluding carboxylic acids is 1. The topological polar surface area (TPSA) is 174 Å². The van der Waals surface area contributed by atoms with Crippen LogP contribution >= 0.6 is 0 Å². The van der Waals surface area contributed by atoms with Gasteiger partial charge in [-0.2, -0.15) is 0 Å². The molecule has 1 saturated heterocycles. The minimum absolute atomic E-state index is 0.0604. The van der Waals surface area contributed by atoms with Gasteiger partial charge in [-0.25, -0.2) is 4.79 Å². The molecule has 1 aromatic carbocycles. The first kappa shape index (κ1) is 20.5. The van der Waals surface area contributed by atoms with Gasteiger partial charge in [0.1, 0.15) is 18.3 Å². The summed E-state index contributed by atoms with van der Waals surface area (Å²) in [5.41, 5.74) is -1.91. The zero-order valence-electron chi connectivity index (χ0n) is 14.8. The van der Waals surface area contributed by atoms with Gasteiger partial charge >= 0.3 is 5.69 Å². The first-order chi connectivity index (χ1) is 13.7. The van der Waals surface area contributed by atoms with E-state index in [0.29, 0.717) is 4.57 Å². The molecule has 0 spiro atoms. The number of Topliss-reactive ketones (excluding diaryl/α,β-unsaturated/α-hetero) is 1. The smallest absolute Gasteiger partial charge is 0.333 e. The normalized spacial score (nSPS) is 23.8. The molecule has 2 aromatic rings. The summed E-state index contributed by atoms with van der Waals surface area (Å²) in [6.45, 7) is -1.24. The highest BCUT2D eigenvalue weighted by atomic mass is 16.6. The molecule has 2 heterocycles. The summed E-state index contributed by atoms with van der Waals surface area (Å²) in [4.78, 5) is 47.3. The fraction of sp³-hybridized carbons (Fsp3) is 0.353. The minimum Gasteiger partial charge on any atom is -0.394 e. The van der Waals surface area contributed by atoms with Crippen molar-refractivity contribution in [3.8, 4) is 0 Å². The van der Waals surface area contributed by atoms with Crippen LogP contribution in [0.4, 0.5) is 5.69 Å². The Morgan fingerprint density at radius 3 is 2.34 bits per heavy atom. The third-order valence-corrected chi connectivity index (χ3v) is 4.59. The number of ether oxygens (including phenoxy) is 1. The van der Waals surface area contributed by atoms with E-state index in [4.69, 9.17) is 9.84 Å². The molecule has 0 bridgehead atoms. The van der Waals surface area contributed by atoms with Crippen molar-refractivity contribution >= 4 is 11.5 Å². The van der Waals surface area contributed by atoms with Gasteiger partial charge in [0.05, 0.1) is 18.1 Å². The van der Waals surface area contributed by atoms with Gasteiger partial charge in [-0.05, 0) is 12.1 Å². The maximum absolute atomic E-state index is 12.7. The summed E-state index contributed by atoms with van der Waals surface area (Å²) >= 11 is 0. The van der Waals surface area contributed by atoms with Crippen molar-refractivity contribution in [2.24, 2.45) is 0 Å². The third-order valence-electron chi connectivity index (χ3n) is 4.59. The van der Waals surface area contributed by atoms with Gasteiger partial charge in [0.15, 0.2) is 12.0 Å². The van der Waals surface area contributed by atoms with Crippen molar-refractivity contribution in [2.45, 2.75) is 31.1 Å². The van der Waals surface area contributed by atoms with Crippen LogP contribution in [0.1, 0.15) is 16.6 Å². The number of aliphatic hydroxyl groups is 3.